The number of piperidine rings is 1. The van der Waals surface area contributed by atoms with E-state index in [0.717, 1.165) is 31.5 Å². The average Bonchev–Trinajstić information content (AvgIpc) is 3.20. The summed E-state index contributed by atoms with van der Waals surface area (Å²) in [5.74, 6) is 1.76. The standard InChI is InChI=1S/C17H19ClN8O/c18-13-6-4-5-12(9-13)10-19-14-21-16(22-15-20-11-27-25-15)24-17(23-14)26-7-2-1-3-8-26/h4-6,9,11H,1-3,7-8,10H2,(H2,19,21,22,23,24,25). The second kappa shape index (κ2) is 8.17. The lowest BCUT2D eigenvalue weighted by atomic mass is 10.1. The van der Waals surface area contributed by atoms with Crippen molar-refractivity contribution < 1.29 is 4.52 Å². The molecule has 9 nitrogen and oxygen atoms in total. The van der Waals surface area contributed by atoms with E-state index >= 15 is 0 Å². The van der Waals surface area contributed by atoms with Gasteiger partial charge in [-0.2, -0.15) is 19.9 Å². The summed E-state index contributed by atoms with van der Waals surface area (Å²) in [4.78, 5) is 19.6. The molecule has 27 heavy (non-hydrogen) atoms. The molecule has 0 atom stereocenters. The second-order valence-electron chi connectivity index (χ2n) is 6.19. The van der Waals surface area contributed by atoms with E-state index in [0.29, 0.717) is 35.4 Å². The Bertz CT molecular complexity index is 882. The number of hydrogen-bond acceptors (Lipinski definition) is 9. The Hall–Kier alpha value is -2.94. The fourth-order valence-electron chi connectivity index (χ4n) is 2.89. The van der Waals surface area contributed by atoms with Gasteiger partial charge >= 0.3 is 0 Å². The highest BCUT2D eigenvalue weighted by molar-refractivity contribution is 6.30. The molecular formula is C17H19ClN8O. The first-order valence-corrected chi connectivity index (χ1v) is 9.17. The van der Waals surface area contributed by atoms with E-state index < -0.39 is 0 Å². The van der Waals surface area contributed by atoms with Gasteiger partial charge in [-0.15, -0.1) is 0 Å². The Labute approximate surface area is 161 Å². The molecule has 1 aliphatic heterocycles. The molecule has 0 unspecified atom stereocenters. The van der Waals surface area contributed by atoms with Crippen LogP contribution >= 0.6 is 11.6 Å². The summed E-state index contributed by atoms with van der Waals surface area (Å²) in [6.45, 7) is 2.41. The summed E-state index contributed by atoms with van der Waals surface area (Å²) in [5.41, 5.74) is 1.04. The van der Waals surface area contributed by atoms with Crippen LogP contribution in [-0.4, -0.2) is 38.2 Å². The normalized spacial score (nSPS) is 14.2. The molecule has 0 bridgehead atoms. The number of aromatic nitrogens is 5. The zero-order valence-electron chi connectivity index (χ0n) is 14.6. The van der Waals surface area contributed by atoms with E-state index in [4.69, 9.17) is 16.1 Å². The molecular weight excluding hydrogens is 368 g/mol. The molecule has 0 spiro atoms. The van der Waals surface area contributed by atoms with Crippen LogP contribution in [0.2, 0.25) is 5.02 Å². The number of rotatable bonds is 6. The van der Waals surface area contributed by atoms with Crippen LogP contribution in [0.25, 0.3) is 0 Å². The van der Waals surface area contributed by atoms with Gasteiger partial charge in [0.15, 0.2) is 0 Å². The minimum Gasteiger partial charge on any atom is -0.350 e. The Morgan fingerprint density at radius 1 is 1.04 bits per heavy atom. The lowest BCUT2D eigenvalue weighted by Gasteiger charge is -2.26. The molecule has 2 aromatic heterocycles. The van der Waals surface area contributed by atoms with E-state index in [1.54, 1.807) is 0 Å². The summed E-state index contributed by atoms with van der Waals surface area (Å²) < 4.78 is 4.75. The quantitative estimate of drug-likeness (QED) is 0.660. The summed E-state index contributed by atoms with van der Waals surface area (Å²) in [5, 5.41) is 10.6. The summed E-state index contributed by atoms with van der Waals surface area (Å²) in [7, 11) is 0. The van der Waals surface area contributed by atoms with Crippen LogP contribution in [0.5, 0.6) is 0 Å². The van der Waals surface area contributed by atoms with Crippen molar-refractivity contribution in [1.29, 1.82) is 0 Å². The highest BCUT2D eigenvalue weighted by Gasteiger charge is 2.17. The molecule has 0 aliphatic carbocycles. The highest BCUT2D eigenvalue weighted by atomic mass is 35.5. The Balaban J connectivity index is 1.56. The Morgan fingerprint density at radius 3 is 2.67 bits per heavy atom. The number of halogens is 1. The Kier molecular flexibility index (Phi) is 5.29. The molecule has 1 aliphatic rings. The molecule has 4 rings (SSSR count). The van der Waals surface area contributed by atoms with Crippen molar-refractivity contribution in [3.05, 3.63) is 41.2 Å². The average molecular weight is 387 g/mol. The van der Waals surface area contributed by atoms with Gasteiger partial charge in [0, 0.05) is 24.7 Å². The molecule has 1 fully saturated rings. The van der Waals surface area contributed by atoms with Gasteiger partial charge in [0.2, 0.25) is 24.2 Å². The smallest absolute Gasteiger partial charge is 0.270 e. The van der Waals surface area contributed by atoms with Gasteiger partial charge in [-0.1, -0.05) is 23.7 Å². The molecule has 10 heteroatoms. The van der Waals surface area contributed by atoms with E-state index in [1.165, 1.54) is 12.8 Å². The largest absolute Gasteiger partial charge is 0.350 e. The lowest BCUT2D eigenvalue weighted by molar-refractivity contribution is 0.419. The molecule has 140 valence electrons. The first-order valence-electron chi connectivity index (χ1n) is 8.79. The van der Waals surface area contributed by atoms with E-state index in [1.807, 2.05) is 24.3 Å². The van der Waals surface area contributed by atoms with Crippen LogP contribution < -0.4 is 15.5 Å². The van der Waals surface area contributed by atoms with Crippen molar-refractivity contribution >= 4 is 35.4 Å². The number of hydrogen-bond donors (Lipinski definition) is 2. The van der Waals surface area contributed by atoms with Crippen LogP contribution in [0.4, 0.5) is 23.8 Å². The van der Waals surface area contributed by atoms with Crippen molar-refractivity contribution in [2.75, 3.05) is 28.6 Å². The first kappa shape index (κ1) is 17.5. The van der Waals surface area contributed by atoms with Crippen LogP contribution in [-0.2, 0) is 6.54 Å². The van der Waals surface area contributed by atoms with Crippen molar-refractivity contribution in [2.24, 2.45) is 0 Å². The monoisotopic (exact) mass is 386 g/mol. The zero-order chi connectivity index (χ0) is 18.5. The van der Waals surface area contributed by atoms with Gasteiger partial charge in [-0.25, -0.2) is 0 Å². The molecule has 3 aromatic rings. The van der Waals surface area contributed by atoms with Crippen LogP contribution in [0.3, 0.4) is 0 Å². The molecule has 0 radical (unpaired) electrons. The maximum absolute atomic E-state index is 6.05. The summed E-state index contributed by atoms with van der Waals surface area (Å²) in [6.07, 6.45) is 4.73. The van der Waals surface area contributed by atoms with Crippen LogP contribution in [0, 0.1) is 0 Å². The predicted molar refractivity (Wildman–Crippen MR) is 102 cm³/mol. The third-order valence-corrected chi connectivity index (χ3v) is 4.42. The molecule has 3 heterocycles. The number of nitrogens with zero attached hydrogens (tertiary/aromatic N) is 6. The van der Waals surface area contributed by atoms with Gasteiger partial charge in [0.1, 0.15) is 0 Å². The van der Waals surface area contributed by atoms with Crippen molar-refractivity contribution in [1.82, 2.24) is 25.1 Å². The van der Waals surface area contributed by atoms with E-state index in [2.05, 4.69) is 40.6 Å². The molecule has 0 amide bonds. The van der Waals surface area contributed by atoms with E-state index in [-0.39, 0.29) is 0 Å². The van der Waals surface area contributed by atoms with Crippen molar-refractivity contribution in [3.63, 3.8) is 0 Å². The van der Waals surface area contributed by atoms with Crippen LogP contribution in [0.15, 0.2) is 35.2 Å². The van der Waals surface area contributed by atoms with Crippen molar-refractivity contribution in [2.45, 2.75) is 25.8 Å². The molecule has 1 saturated heterocycles. The lowest BCUT2D eigenvalue weighted by Crippen LogP contribution is -2.31. The second-order valence-corrected chi connectivity index (χ2v) is 6.63. The number of anilines is 4. The highest BCUT2D eigenvalue weighted by Crippen LogP contribution is 2.20. The van der Waals surface area contributed by atoms with Gasteiger partial charge in [-0.05, 0) is 42.1 Å². The molecule has 2 N–H and O–H groups in total. The fraction of sp³-hybridized carbons (Fsp3) is 0.353. The number of benzene rings is 1. The molecule has 0 saturated carbocycles. The maximum atomic E-state index is 6.05. The molecule has 1 aromatic carbocycles. The topological polar surface area (TPSA) is 105 Å². The van der Waals surface area contributed by atoms with Gasteiger partial charge in [0.05, 0.1) is 0 Å². The SMILES string of the molecule is Clc1cccc(CNc2nc(Nc3ncon3)nc(N3CCCCC3)n2)c1. The summed E-state index contributed by atoms with van der Waals surface area (Å²) in [6, 6.07) is 7.65. The minimum absolute atomic E-state index is 0.298. The third kappa shape index (κ3) is 4.62. The maximum Gasteiger partial charge on any atom is 0.270 e. The minimum atomic E-state index is 0.298. The van der Waals surface area contributed by atoms with Crippen LogP contribution in [0.1, 0.15) is 24.8 Å². The summed E-state index contributed by atoms with van der Waals surface area (Å²) >= 11 is 6.05. The first-order chi connectivity index (χ1) is 13.3. The van der Waals surface area contributed by atoms with E-state index in [9.17, 15) is 0 Å². The van der Waals surface area contributed by atoms with Gasteiger partial charge in [0.25, 0.3) is 5.95 Å². The third-order valence-electron chi connectivity index (χ3n) is 4.19. The van der Waals surface area contributed by atoms with Crippen molar-refractivity contribution in [3.8, 4) is 0 Å². The van der Waals surface area contributed by atoms with Gasteiger partial charge < -0.3 is 14.7 Å². The predicted octanol–water partition coefficient (Wildman–Crippen LogP) is 3.25. The zero-order valence-corrected chi connectivity index (χ0v) is 15.4. The fourth-order valence-corrected chi connectivity index (χ4v) is 3.10. The Morgan fingerprint density at radius 2 is 1.89 bits per heavy atom. The number of nitrogens with one attached hydrogen (secondary N) is 2. The van der Waals surface area contributed by atoms with Gasteiger partial charge in [-0.3, -0.25) is 5.32 Å².